The van der Waals surface area contributed by atoms with E-state index in [0.29, 0.717) is 23.5 Å². The predicted octanol–water partition coefficient (Wildman–Crippen LogP) is 3.65. The van der Waals surface area contributed by atoms with Gasteiger partial charge in [0.05, 0.1) is 18.5 Å². The second-order valence-corrected chi connectivity index (χ2v) is 6.76. The van der Waals surface area contributed by atoms with E-state index in [0.717, 1.165) is 23.8 Å². The lowest BCUT2D eigenvalue weighted by Gasteiger charge is -2.13. The second-order valence-electron chi connectivity index (χ2n) is 6.76. The molecular formula is C21H18F2N4O2. The number of amides is 1. The molecule has 3 aromatic rings. The van der Waals surface area contributed by atoms with Crippen molar-refractivity contribution in [2.75, 3.05) is 5.32 Å². The average Bonchev–Trinajstić information content (AvgIpc) is 3.34. The largest absolute Gasteiger partial charge is 0.382 e. The van der Waals surface area contributed by atoms with Crippen LogP contribution in [-0.2, 0) is 16.2 Å². The van der Waals surface area contributed by atoms with Gasteiger partial charge in [0.1, 0.15) is 17.5 Å². The van der Waals surface area contributed by atoms with Crippen LogP contribution in [0.1, 0.15) is 23.1 Å². The van der Waals surface area contributed by atoms with Gasteiger partial charge in [0, 0.05) is 17.5 Å². The molecule has 6 nitrogen and oxygen atoms in total. The third kappa shape index (κ3) is 4.01. The smallest absolute Gasteiger partial charge is 0.269 e. The van der Waals surface area contributed by atoms with Crippen LogP contribution in [-0.4, -0.2) is 27.5 Å². The first-order chi connectivity index (χ1) is 14.0. The van der Waals surface area contributed by atoms with E-state index in [1.807, 2.05) is 30.3 Å². The minimum Gasteiger partial charge on any atom is -0.382 e. The summed E-state index contributed by atoms with van der Waals surface area (Å²) in [7, 11) is 0. The van der Waals surface area contributed by atoms with Gasteiger partial charge in [0.25, 0.3) is 5.91 Å². The monoisotopic (exact) mass is 396 g/mol. The number of benzene rings is 2. The Hall–Kier alpha value is -3.55. The van der Waals surface area contributed by atoms with Crippen LogP contribution in [0.15, 0.2) is 59.9 Å². The Labute approximate surface area is 165 Å². The number of carbonyl (C=O) groups excluding carboxylic acids is 1. The molecule has 1 atom stereocenters. The minimum atomic E-state index is -0.779. The van der Waals surface area contributed by atoms with Crippen LogP contribution in [0.4, 0.5) is 14.6 Å². The highest BCUT2D eigenvalue weighted by molar-refractivity contribution is 6.06. The lowest BCUT2D eigenvalue weighted by Crippen LogP contribution is -2.29. The Kier molecular flexibility index (Phi) is 5.07. The lowest BCUT2D eigenvalue weighted by atomic mass is 10.0. The van der Waals surface area contributed by atoms with Gasteiger partial charge < -0.3 is 10.2 Å². The summed E-state index contributed by atoms with van der Waals surface area (Å²) < 4.78 is 28.8. The van der Waals surface area contributed by atoms with Crippen LogP contribution < -0.4 is 5.32 Å². The number of hydrogen-bond donors (Lipinski definition) is 1. The van der Waals surface area contributed by atoms with Gasteiger partial charge in [-0.1, -0.05) is 35.5 Å². The van der Waals surface area contributed by atoms with Gasteiger partial charge in [0.15, 0.2) is 0 Å². The number of oxime groups is 1. The number of aryl methyl sites for hydroxylation is 1. The van der Waals surface area contributed by atoms with E-state index in [2.05, 4.69) is 15.6 Å². The molecule has 0 saturated heterocycles. The summed E-state index contributed by atoms with van der Waals surface area (Å²) in [6.07, 6.45) is 1.11. The number of rotatable bonds is 5. The summed E-state index contributed by atoms with van der Waals surface area (Å²) in [4.78, 5) is 18.0. The average molecular weight is 396 g/mol. The lowest BCUT2D eigenvalue weighted by molar-refractivity contribution is -0.125. The van der Waals surface area contributed by atoms with E-state index >= 15 is 0 Å². The van der Waals surface area contributed by atoms with Crippen LogP contribution in [0, 0.1) is 18.6 Å². The van der Waals surface area contributed by atoms with Crippen LogP contribution in [0.5, 0.6) is 0 Å². The molecule has 1 aliphatic rings. The molecule has 1 unspecified atom stereocenters. The summed E-state index contributed by atoms with van der Waals surface area (Å²) in [5, 5.41) is 11.0. The Morgan fingerprint density at radius 2 is 2.03 bits per heavy atom. The standard InChI is InChI=1S/C21H18F2N4O2/c1-13-11-24-27(12-15-9-16(22)7-8-17(15)23)20(13)25-21(28)19-10-18(26-29-19)14-5-3-2-4-6-14/h2-9,11,19H,10,12H2,1H3,(H,25,28). The molecule has 1 amide bonds. The molecule has 8 heteroatoms. The van der Waals surface area contributed by atoms with E-state index in [9.17, 15) is 13.6 Å². The third-order valence-corrected chi connectivity index (χ3v) is 4.66. The SMILES string of the molecule is Cc1cnn(Cc2cc(F)ccc2F)c1NC(=O)C1CC(c2ccccc2)=NO1. The van der Waals surface area contributed by atoms with Crippen molar-refractivity contribution in [2.45, 2.75) is 26.0 Å². The molecule has 4 rings (SSSR count). The molecule has 148 valence electrons. The van der Waals surface area contributed by atoms with Gasteiger partial charge in [0.2, 0.25) is 6.10 Å². The van der Waals surface area contributed by atoms with Gasteiger partial charge in [-0.2, -0.15) is 5.10 Å². The zero-order valence-electron chi connectivity index (χ0n) is 15.6. The van der Waals surface area contributed by atoms with Crippen molar-refractivity contribution in [3.05, 3.63) is 83.1 Å². The summed E-state index contributed by atoms with van der Waals surface area (Å²) in [6, 6.07) is 12.7. The number of carbonyl (C=O) groups is 1. The molecule has 1 aliphatic heterocycles. The Morgan fingerprint density at radius 3 is 2.83 bits per heavy atom. The van der Waals surface area contributed by atoms with E-state index in [4.69, 9.17) is 4.84 Å². The van der Waals surface area contributed by atoms with Crippen molar-refractivity contribution in [3.8, 4) is 0 Å². The number of nitrogens with one attached hydrogen (secondary N) is 1. The Morgan fingerprint density at radius 1 is 1.24 bits per heavy atom. The maximum atomic E-state index is 14.0. The molecule has 0 radical (unpaired) electrons. The van der Waals surface area contributed by atoms with Crippen LogP contribution in [0.25, 0.3) is 0 Å². The zero-order chi connectivity index (χ0) is 20.4. The van der Waals surface area contributed by atoms with E-state index in [1.165, 1.54) is 4.68 Å². The fraction of sp³-hybridized carbons (Fsp3) is 0.190. The predicted molar refractivity (Wildman–Crippen MR) is 104 cm³/mol. The number of hydrogen-bond acceptors (Lipinski definition) is 4. The van der Waals surface area contributed by atoms with Gasteiger partial charge in [-0.25, -0.2) is 13.5 Å². The van der Waals surface area contributed by atoms with E-state index in [-0.39, 0.29) is 18.0 Å². The molecule has 2 aromatic carbocycles. The molecule has 0 aliphatic carbocycles. The van der Waals surface area contributed by atoms with Crippen molar-refractivity contribution in [2.24, 2.45) is 5.16 Å². The van der Waals surface area contributed by atoms with Gasteiger partial charge in [-0.3, -0.25) is 4.79 Å². The maximum absolute atomic E-state index is 14.0. The number of halogens is 2. The highest BCUT2D eigenvalue weighted by atomic mass is 19.1. The Bertz CT molecular complexity index is 1080. The van der Waals surface area contributed by atoms with E-state index < -0.39 is 17.7 Å². The fourth-order valence-corrected chi connectivity index (χ4v) is 3.10. The topological polar surface area (TPSA) is 68.5 Å². The minimum absolute atomic E-state index is 0.0235. The second kappa shape index (κ2) is 7.83. The van der Waals surface area contributed by atoms with Crippen molar-refractivity contribution in [1.29, 1.82) is 0 Å². The first-order valence-electron chi connectivity index (χ1n) is 9.06. The van der Waals surface area contributed by atoms with Crippen LogP contribution >= 0.6 is 0 Å². The molecule has 29 heavy (non-hydrogen) atoms. The maximum Gasteiger partial charge on any atom is 0.269 e. The van der Waals surface area contributed by atoms with Crippen molar-refractivity contribution in [1.82, 2.24) is 9.78 Å². The highest BCUT2D eigenvalue weighted by Gasteiger charge is 2.30. The fourth-order valence-electron chi connectivity index (χ4n) is 3.10. The third-order valence-electron chi connectivity index (χ3n) is 4.66. The molecular weight excluding hydrogens is 378 g/mol. The van der Waals surface area contributed by atoms with Gasteiger partial charge >= 0.3 is 0 Å². The zero-order valence-corrected chi connectivity index (χ0v) is 15.6. The Balaban J connectivity index is 1.47. The molecule has 2 heterocycles. The van der Waals surface area contributed by atoms with Gasteiger partial charge in [-0.05, 0) is 30.7 Å². The summed E-state index contributed by atoms with van der Waals surface area (Å²) >= 11 is 0. The van der Waals surface area contributed by atoms with Crippen molar-refractivity contribution >= 4 is 17.4 Å². The summed E-state index contributed by atoms with van der Waals surface area (Å²) in [5.41, 5.74) is 2.41. The molecule has 0 spiro atoms. The number of aromatic nitrogens is 2. The first-order valence-corrected chi connectivity index (χ1v) is 9.06. The summed E-state index contributed by atoms with van der Waals surface area (Å²) in [6.45, 7) is 1.74. The molecule has 1 N–H and O–H groups in total. The summed E-state index contributed by atoms with van der Waals surface area (Å²) in [5.74, 6) is -1.07. The van der Waals surface area contributed by atoms with Crippen LogP contribution in [0.3, 0.4) is 0 Å². The highest BCUT2D eigenvalue weighted by Crippen LogP contribution is 2.21. The number of nitrogens with zero attached hydrogens (tertiary/aromatic N) is 3. The van der Waals surface area contributed by atoms with Gasteiger partial charge in [-0.15, -0.1) is 0 Å². The molecule has 1 aromatic heterocycles. The van der Waals surface area contributed by atoms with Crippen molar-refractivity contribution in [3.63, 3.8) is 0 Å². The van der Waals surface area contributed by atoms with E-state index in [1.54, 1.807) is 13.1 Å². The quantitative estimate of drug-likeness (QED) is 0.716. The molecule has 0 fully saturated rings. The normalized spacial score (nSPS) is 15.7. The molecule has 0 saturated carbocycles. The van der Waals surface area contributed by atoms with Crippen LogP contribution in [0.2, 0.25) is 0 Å². The molecule has 0 bridgehead atoms. The van der Waals surface area contributed by atoms with Crippen molar-refractivity contribution < 1.29 is 18.4 Å². The first kappa shape index (κ1) is 18.8. The number of anilines is 1.